The molecule has 2 aromatic carbocycles. The molecule has 32 heavy (non-hydrogen) atoms. The van der Waals surface area contributed by atoms with Crippen molar-refractivity contribution in [1.82, 2.24) is 14.3 Å². The van der Waals surface area contributed by atoms with Gasteiger partial charge in [-0.15, -0.1) is 0 Å². The second-order valence-corrected chi connectivity index (χ2v) is 10.3. The predicted molar refractivity (Wildman–Crippen MR) is 124 cm³/mol. The SMILES string of the molecule is CC1CC(C)CN(S(=O)(=O)c2ccc(C(=O)Nc3cnc(-c4ccccc4)nc3)cc2)C1. The van der Waals surface area contributed by atoms with E-state index in [2.05, 4.69) is 29.1 Å². The smallest absolute Gasteiger partial charge is 0.255 e. The van der Waals surface area contributed by atoms with Crippen molar-refractivity contribution in [2.24, 2.45) is 11.8 Å². The fourth-order valence-corrected chi connectivity index (χ4v) is 5.74. The molecule has 166 valence electrons. The number of carbonyl (C=O) groups is 1. The monoisotopic (exact) mass is 450 g/mol. The summed E-state index contributed by atoms with van der Waals surface area (Å²) < 4.78 is 27.6. The molecule has 1 amide bonds. The van der Waals surface area contributed by atoms with Gasteiger partial charge in [-0.2, -0.15) is 4.31 Å². The average Bonchev–Trinajstić information content (AvgIpc) is 2.79. The summed E-state index contributed by atoms with van der Waals surface area (Å²) in [6, 6.07) is 15.6. The number of carbonyl (C=O) groups excluding carboxylic acids is 1. The third-order valence-corrected chi connectivity index (χ3v) is 7.38. The van der Waals surface area contributed by atoms with Gasteiger partial charge in [0.25, 0.3) is 5.91 Å². The van der Waals surface area contributed by atoms with E-state index in [-0.39, 0.29) is 10.8 Å². The lowest BCUT2D eigenvalue weighted by molar-refractivity contribution is 0.102. The molecule has 4 rings (SSSR count). The van der Waals surface area contributed by atoms with E-state index in [1.54, 1.807) is 16.7 Å². The Hall–Kier alpha value is -3.10. The summed E-state index contributed by atoms with van der Waals surface area (Å²) >= 11 is 0. The van der Waals surface area contributed by atoms with Crippen LogP contribution in [0.3, 0.4) is 0 Å². The molecular weight excluding hydrogens is 424 g/mol. The Morgan fingerprint density at radius 1 is 0.938 bits per heavy atom. The van der Waals surface area contributed by atoms with Crippen LogP contribution >= 0.6 is 0 Å². The molecular formula is C24H26N4O3S. The molecule has 0 aliphatic carbocycles. The third kappa shape index (κ3) is 4.87. The number of piperidine rings is 1. The third-order valence-electron chi connectivity index (χ3n) is 5.53. The van der Waals surface area contributed by atoms with Gasteiger partial charge in [0.15, 0.2) is 5.82 Å². The predicted octanol–water partition coefficient (Wildman–Crippen LogP) is 4.06. The highest BCUT2D eigenvalue weighted by atomic mass is 32.2. The second kappa shape index (κ2) is 9.18. The quantitative estimate of drug-likeness (QED) is 0.633. The van der Waals surface area contributed by atoms with E-state index < -0.39 is 10.0 Å². The molecule has 2 unspecified atom stereocenters. The van der Waals surface area contributed by atoms with Crippen LogP contribution in [0.2, 0.25) is 0 Å². The Balaban J connectivity index is 1.44. The number of rotatable bonds is 5. The summed E-state index contributed by atoms with van der Waals surface area (Å²) in [5, 5.41) is 2.75. The minimum absolute atomic E-state index is 0.200. The number of amides is 1. The first-order valence-corrected chi connectivity index (χ1v) is 12.1. The average molecular weight is 451 g/mol. The maximum absolute atomic E-state index is 13.0. The molecule has 0 saturated carbocycles. The molecule has 1 aliphatic rings. The molecule has 0 bridgehead atoms. The van der Waals surface area contributed by atoms with Crippen LogP contribution in [0.4, 0.5) is 5.69 Å². The van der Waals surface area contributed by atoms with E-state index in [9.17, 15) is 13.2 Å². The lowest BCUT2D eigenvalue weighted by Crippen LogP contribution is -2.42. The second-order valence-electron chi connectivity index (χ2n) is 8.41. The fraction of sp³-hybridized carbons (Fsp3) is 0.292. The van der Waals surface area contributed by atoms with Gasteiger partial charge in [0.05, 0.1) is 23.0 Å². The Morgan fingerprint density at radius 2 is 1.53 bits per heavy atom. The van der Waals surface area contributed by atoms with Crippen molar-refractivity contribution < 1.29 is 13.2 Å². The van der Waals surface area contributed by atoms with Crippen LogP contribution in [0.15, 0.2) is 71.9 Å². The van der Waals surface area contributed by atoms with Gasteiger partial charge < -0.3 is 5.32 Å². The van der Waals surface area contributed by atoms with E-state index in [0.717, 1.165) is 12.0 Å². The van der Waals surface area contributed by atoms with E-state index >= 15 is 0 Å². The molecule has 8 heteroatoms. The van der Waals surface area contributed by atoms with E-state index in [1.807, 2.05) is 30.3 Å². The van der Waals surface area contributed by atoms with Gasteiger partial charge in [0.1, 0.15) is 0 Å². The molecule has 0 radical (unpaired) electrons. The minimum atomic E-state index is -3.58. The maximum atomic E-state index is 13.0. The van der Waals surface area contributed by atoms with Crippen LogP contribution in [0, 0.1) is 11.8 Å². The van der Waals surface area contributed by atoms with Crippen LogP contribution in [-0.4, -0.2) is 41.7 Å². The number of anilines is 1. The van der Waals surface area contributed by atoms with Crippen molar-refractivity contribution >= 4 is 21.6 Å². The Morgan fingerprint density at radius 3 is 2.12 bits per heavy atom. The summed E-state index contributed by atoms with van der Waals surface area (Å²) in [6.07, 6.45) is 4.12. The molecule has 1 saturated heterocycles. The molecule has 1 N–H and O–H groups in total. The lowest BCUT2D eigenvalue weighted by Gasteiger charge is -2.34. The Kier molecular flexibility index (Phi) is 6.34. The zero-order valence-corrected chi connectivity index (χ0v) is 18.9. The van der Waals surface area contributed by atoms with Crippen molar-refractivity contribution in [2.75, 3.05) is 18.4 Å². The summed E-state index contributed by atoms with van der Waals surface area (Å²) in [7, 11) is -3.58. The van der Waals surface area contributed by atoms with Crippen LogP contribution in [0.5, 0.6) is 0 Å². The molecule has 0 spiro atoms. The highest BCUT2D eigenvalue weighted by Crippen LogP contribution is 2.27. The molecule has 7 nitrogen and oxygen atoms in total. The first kappa shape index (κ1) is 22.1. The highest BCUT2D eigenvalue weighted by Gasteiger charge is 2.31. The highest BCUT2D eigenvalue weighted by molar-refractivity contribution is 7.89. The van der Waals surface area contributed by atoms with Crippen molar-refractivity contribution in [1.29, 1.82) is 0 Å². The summed E-state index contributed by atoms with van der Waals surface area (Å²) in [5.41, 5.74) is 1.71. The van der Waals surface area contributed by atoms with E-state index in [4.69, 9.17) is 0 Å². The lowest BCUT2D eigenvalue weighted by atomic mass is 9.94. The minimum Gasteiger partial charge on any atom is -0.319 e. The van der Waals surface area contributed by atoms with Gasteiger partial charge in [-0.1, -0.05) is 44.2 Å². The first-order chi connectivity index (χ1) is 15.3. The van der Waals surface area contributed by atoms with Gasteiger partial charge >= 0.3 is 0 Å². The number of hydrogen-bond donors (Lipinski definition) is 1. The van der Waals surface area contributed by atoms with Gasteiger partial charge in [-0.25, -0.2) is 18.4 Å². The van der Waals surface area contributed by atoms with E-state index in [0.29, 0.717) is 42.0 Å². The standard InChI is InChI=1S/C24H26N4O3S/c1-17-12-18(2)16-28(15-17)32(30,31)22-10-8-20(9-11-22)24(29)27-21-13-25-23(26-14-21)19-6-4-3-5-7-19/h3-11,13-14,17-18H,12,15-16H2,1-2H3,(H,27,29). The molecule has 2 heterocycles. The number of benzene rings is 2. The van der Waals surface area contributed by atoms with Crippen LogP contribution in [0.25, 0.3) is 11.4 Å². The fourth-order valence-electron chi connectivity index (χ4n) is 4.06. The largest absolute Gasteiger partial charge is 0.319 e. The summed E-state index contributed by atoms with van der Waals surface area (Å²) in [5.74, 6) is 0.868. The van der Waals surface area contributed by atoms with Crippen molar-refractivity contribution in [3.63, 3.8) is 0 Å². The molecule has 1 aromatic heterocycles. The van der Waals surface area contributed by atoms with Gasteiger partial charge in [0.2, 0.25) is 10.0 Å². The van der Waals surface area contributed by atoms with Gasteiger partial charge in [-0.05, 0) is 42.5 Å². The number of aromatic nitrogens is 2. The number of sulfonamides is 1. The van der Waals surface area contributed by atoms with E-state index in [1.165, 1.54) is 24.3 Å². The van der Waals surface area contributed by atoms with Gasteiger partial charge in [-0.3, -0.25) is 4.79 Å². The van der Waals surface area contributed by atoms with Crippen molar-refractivity contribution in [3.05, 3.63) is 72.6 Å². The van der Waals surface area contributed by atoms with Crippen LogP contribution in [0.1, 0.15) is 30.6 Å². The summed E-state index contributed by atoms with van der Waals surface area (Å²) in [6.45, 7) is 5.19. The van der Waals surface area contributed by atoms with Crippen molar-refractivity contribution in [3.8, 4) is 11.4 Å². The molecule has 1 aliphatic heterocycles. The number of hydrogen-bond acceptors (Lipinski definition) is 5. The number of nitrogens with one attached hydrogen (secondary N) is 1. The zero-order valence-electron chi connectivity index (χ0n) is 18.1. The van der Waals surface area contributed by atoms with Crippen LogP contribution in [-0.2, 0) is 10.0 Å². The maximum Gasteiger partial charge on any atom is 0.255 e. The molecule has 2 atom stereocenters. The van der Waals surface area contributed by atoms with Gasteiger partial charge in [0, 0.05) is 24.2 Å². The van der Waals surface area contributed by atoms with Crippen molar-refractivity contribution in [2.45, 2.75) is 25.2 Å². The number of nitrogens with zero attached hydrogens (tertiary/aromatic N) is 3. The molecule has 3 aromatic rings. The molecule has 1 fully saturated rings. The Bertz CT molecular complexity index is 1170. The summed E-state index contributed by atoms with van der Waals surface area (Å²) in [4.78, 5) is 21.4. The topological polar surface area (TPSA) is 92.3 Å². The van der Waals surface area contributed by atoms with Crippen LogP contribution < -0.4 is 5.32 Å². The Labute approximate surface area is 188 Å². The first-order valence-electron chi connectivity index (χ1n) is 10.6. The zero-order chi connectivity index (χ0) is 22.7. The normalized spacial score (nSPS) is 19.4.